The van der Waals surface area contributed by atoms with Gasteiger partial charge in [-0.25, -0.2) is 0 Å². The number of hydrogen-bond donors (Lipinski definition) is 1. The van der Waals surface area contributed by atoms with Crippen LogP contribution in [-0.2, 0) is 9.59 Å². The van der Waals surface area contributed by atoms with Crippen molar-refractivity contribution in [3.05, 3.63) is 0 Å². The highest BCUT2D eigenvalue weighted by Crippen LogP contribution is 2.14. The van der Waals surface area contributed by atoms with E-state index in [1.54, 1.807) is 11.9 Å². The third-order valence-corrected chi connectivity index (χ3v) is 4.05. The van der Waals surface area contributed by atoms with Gasteiger partial charge in [0.1, 0.15) is 6.04 Å². The summed E-state index contributed by atoms with van der Waals surface area (Å²) in [6.07, 6.45) is 0.707. The fourth-order valence-corrected chi connectivity index (χ4v) is 1.64. The summed E-state index contributed by atoms with van der Waals surface area (Å²) in [5, 5.41) is 2.76. The minimum atomic E-state index is -0.332. The summed E-state index contributed by atoms with van der Waals surface area (Å²) in [4.78, 5) is 24.6. The molecule has 0 radical (unpaired) electrons. The standard InChI is InChI=1S/C10H17BrN2O2/c1-6(2)8(11)9(14)12-7-4-5-13(3)10(7)15/h6-8H,4-5H2,1-3H3,(H,12,14). The highest BCUT2D eigenvalue weighted by atomic mass is 79.9. The van der Waals surface area contributed by atoms with Crippen molar-refractivity contribution < 1.29 is 9.59 Å². The number of halogens is 1. The van der Waals surface area contributed by atoms with Gasteiger partial charge in [-0.2, -0.15) is 0 Å². The van der Waals surface area contributed by atoms with E-state index in [4.69, 9.17) is 0 Å². The Morgan fingerprint density at radius 3 is 2.60 bits per heavy atom. The summed E-state index contributed by atoms with van der Waals surface area (Å²) < 4.78 is 0. The number of amides is 2. The maximum atomic E-state index is 11.7. The molecule has 0 saturated carbocycles. The van der Waals surface area contributed by atoms with Gasteiger partial charge in [0, 0.05) is 13.6 Å². The molecule has 1 heterocycles. The van der Waals surface area contributed by atoms with Crippen LogP contribution in [0.1, 0.15) is 20.3 Å². The third-order valence-electron chi connectivity index (χ3n) is 2.58. The number of nitrogens with zero attached hydrogens (tertiary/aromatic N) is 1. The van der Waals surface area contributed by atoms with Crippen molar-refractivity contribution in [1.82, 2.24) is 10.2 Å². The number of likely N-dealkylation sites (tertiary alicyclic amines) is 1. The molecule has 15 heavy (non-hydrogen) atoms. The van der Waals surface area contributed by atoms with Gasteiger partial charge >= 0.3 is 0 Å². The molecule has 0 aromatic rings. The predicted molar refractivity (Wildman–Crippen MR) is 61.7 cm³/mol. The molecular formula is C10H17BrN2O2. The van der Waals surface area contributed by atoms with Gasteiger partial charge in [-0.1, -0.05) is 29.8 Å². The lowest BCUT2D eigenvalue weighted by molar-refractivity contribution is -0.131. The van der Waals surface area contributed by atoms with Crippen molar-refractivity contribution in [2.75, 3.05) is 13.6 Å². The number of carbonyl (C=O) groups is 2. The van der Waals surface area contributed by atoms with Crippen molar-refractivity contribution in [2.45, 2.75) is 31.1 Å². The van der Waals surface area contributed by atoms with Gasteiger partial charge < -0.3 is 10.2 Å². The maximum Gasteiger partial charge on any atom is 0.244 e. The summed E-state index contributed by atoms with van der Waals surface area (Å²) in [5.41, 5.74) is 0. The van der Waals surface area contributed by atoms with Crippen LogP contribution in [0.3, 0.4) is 0 Å². The van der Waals surface area contributed by atoms with Crippen LogP contribution in [0.4, 0.5) is 0 Å². The van der Waals surface area contributed by atoms with E-state index < -0.39 is 0 Å². The van der Waals surface area contributed by atoms with E-state index in [0.29, 0.717) is 6.42 Å². The lowest BCUT2D eigenvalue weighted by Gasteiger charge is -2.17. The van der Waals surface area contributed by atoms with E-state index in [9.17, 15) is 9.59 Å². The second kappa shape index (κ2) is 4.96. The number of nitrogens with one attached hydrogen (secondary N) is 1. The van der Waals surface area contributed by atoms with Gasteiger partial charge in [-0.05, 0) is 12.3 Å². The van der Waals surface area contributed by atoms with Crippen LogP contribution in [0, 0.1) is 5.92 Å². The second-order valence-electron chi connectivity index (χ2n) is 4.26. The van der Waals surface area contributed by atoms with Gasteiger partial charge in [0.15, 0.2) is 0 Å². The van der Waals surface area contributed by atoms with Crippen LogP contribution in [0.25, 0.3) is 0 Å². The summed E-state index contributed by atoms with van der Waals surface area (Å²) in [6, 6.07) is -0.332. The molecule has 5 heteroatoms. The van der Waals surface area contributed by atoms with Crippen LogP contribution in [0.5, 0.6) is 0 Å². The molecule has 1 rings (SSSR count). The SMILES string of the molecule is CC(C)C(Br)C(=O)NC1CCN(C)C1=O. The first-order valence-electron chi connectivity index (χ1n) is 5.13. The molecule has 1 N–H and O–H groups in total. The normalized spacial score (nSPS) is 23.4. The lowest BCUT2D eigenvalue weighted by atomic mass is 10.1. The van der Waals surface area contributed by atoms with Crippen molar-refractivity contribution >= 4 is 27.7 Å². The first-order chi connectivity index (χ1) is 6.93. The van der Waals surface area contributed by atoms with Crippen LogP contribution in [0.2, 0.25) is 0 Å². The molecule has 1 saturated heterocycles. The molecule has 0 spiro atoms. The van der Waals surface area contributed by atoms with Crippen molar-refractivity contribution in [3.63, 3.8) is 0 Å². The van der Waals surface area contributed by atoms with Crippen molar-refractivity contribution in [1.29, 1.82) is 0 Å². The van der Waals surface area contributed by atoms with Crippen LogP contribution >= 0.6 is 15.9 Å². The van der Waals surface area contributed by atoms with Gasteiger partial charge in [0.2, 0.25) is 11.8 Å². The highest BCUT2D eigenvalue weighted by molar-refractivity contribution is 9.10. The number of hydrogen-bond acceptors (Lipinski definition) is 2. The molecule has 1 aliphatic heterocycles. The lowest BCUT2D eigenvalue weighted by Crippen LogP contribution is -2.44. The summed E-state index contributed by atoms with van der Waals surface area (Å²) in [5.74, 6) is 0.129. The van der Waals surface area contributed by atoms with E-state index in [0.717, 1.165) is 6.54 Å². The molecule has 86 valence electrons. The Kier molecular flexibility index (Phi) is 4.13. The molecule has 0 aromatic carbocycles. The summed E-state index contributed by atoms with van der Waals surface area (Å²) in [7, 11) is 1.75. The van der Waals surface area contributed by atoms with Crippen molar-refractivity contribution in [3.8, 4) is 0 Å². The number of rotatable bonds is 3. The number of alkyl halides is 1. The van der Waals surface area contributed by atoms with Crippen LogP contribution in [0.15, 0.2) is 0 Å². The Morgan fingerprint density at radius 1 is 1.60 bits per heavy atom. The summed E-state index contributed by atoms with van der Waals surface area (Å²) >= 11 is 3.31. The van der Waals surface area contributed by atoms with Gasteiger partial charge in [-0.15, -0.1) is 0 Å². The number of carbonyl (C=O) groups excluding carboxylic acids is 2. The predicted octanol–water partition coefficient (Wildman–Crippen LogP) is 0.753. The van der Waals surface area contributed by atoms with Crippen LogP contribution in [-0.4, -0.2) is 41.2 Å². The smallest absolute Gasteiger partial charge is 0.244 e. The quantitative estimate of drug-likeness (QED) is 0.774. The fourth-order valence-electron chi connectivity index (χ4n) is 1.51. The Bertz CT molecular complexity index is 268. The Balaban J connectivity index is 2.49. The fraction of sp³-hybridized carbons (Fsp3) is 0.800. The minimum absolute atomic E-state index is 0.00630. The summed E-state index contributed by atoms with van der Waals surface area (Å²) in [6.45, 7) is 4.64. The topological polar surface area (TPSA) is 49.4 Å². The monoisotopic (exact) mass is 276 g/mol. The Hall–Kier alpha value is -0.580. The van der Waals surface area contributed by atoms with Gasteiger partial charge in [0.05, 0.1) is 4.83 Å². The minimum Gasteiger partial charge on any atom is -0.344 e. The molecule has 2 amide bonds. The van der Waals surface area contributed by atoms with E-state index >= 15 is 0 Å². The Morgan fingerprint density at radius 2 is 2.20 bits per heavy atom. The average molecular weight is 277 g/mol. The van der Waals surface area contributed by atoms with Gasteiger partial charge in [0.25, 0.3) is 0 Å². The molecule has 0 aromatic heterocycles. The Labute approximate surface area is 98.5 Å². The van der Waals surface area contributed by atoms with E-state index in [1.807, 2.05) is 13.8 Å². The zero-order chi connectivity index (χ0) is 11.6. The van der Waals surface area contributed by atoms with Crippen LogP contribution < -0.4 is 5.32 Å². The van der Waals surface area contributed by atoms with E-state index in [1.165, 1.54) is 0 Å². The molecule has 2 atom stereocenters. The largest absolute Gasteiger partial charge is 0.344 e. The van der Waals surface area contributed by atoms with Gasteiger partial charge in [-0.3, -0.25) is 9.59 Å². The molecule has 4 nitrogen and oxygen atoms in total. The zero-order valence-electron chi connectivity index (χ0n) is 9.29. The highest BCUT2D eigenvalue weighted by Gasteiger charge is 2.32. The van der Waals surface area contributed by atoms with Crippen molar-refractivity contribution in [2.24, 2.45) is 5.92 Å². The molecule has 1 aliphatic rings. The molecule has 2 unspecified atom stereocenters. The molecule has 1 fully saturated rings. The average Bonchev–Trinajstić information content (AvgIpc) is 2.48. The number of likely N-dealkylation sites (N-methyl/N-ethyl adjacent to an activating group) is 1. The third kappa shape index (κ3) is 2.93. The first kappa shape index (κ1) is 12.5. The first-order valence-corrected chi connectivity index (χ1v) is 6.04. The molecular weight excluding hydrogens is 260 g/mol. The zero-order valence-corrected chi connectivity index (χ0v) is 10.9. The molecule has 0 bridgehead atoms. The van der Waals surface area contributed by atoms with E-state index in [-0.39, 0.29) is 28.6 Å². The second-order valence-corrected chi connectivity index (χ2v) is 5.24. The maximum absolute atomic E-state index is 11.7. The molecule has 0 aliphatic carbocycles. The van der Waals surface area contributed by atoms with E-state index in [2.05, 4.69) is 21.2 Å².